The van der Waals surface area contributed by atoms with Crippen LogP contribution in [0.1, 0.15) is 29.8 Å². The summed E-state index contributed by atoms with van der Waals surface area (Å²) in [5, 5.41) is 20.5. The predicted octanol–water partition coefficient (Wildman–Crippen LogP) is 0.912. The van der Waals surface area contributed by atoms with E-state index in [0.29, 0.717) is 0 Å². The first-order valence-corrected chi connectivity index (χ1v) is 6.64. The molecular weight excluding hydrogens is 256 g/mol. The van der Waals surface area contributed by atoms with Crippen molar-refractivity contribution in [2.75, 3.05) is 6.61 Å². The molecule has 104 valence electrons. The third kappa shape index (κ3) is 2.30. The van der Waals surface area contributed by atoms with Crippen molar-refractivity contribution >= 4 is 5.91 Å². The largest absolute Gasteiger partial charge is 0.394 e. The molecule has 20 heavy (non-hydrogen) atoms. The topological polar surface area (TPSA) is 80.0 Å². The van der Waals surface area contributed by atoms with Gasteiger partial charge in [0.1, 0.15) is 0 Å². The van der Waals surface area contributed by atoms with E-state index in [0.717, 1.165) is 24.9 Å². The average molecular weight is 272 g/mol. The number of rotatable bonds is 4. The van der Waals surface area contributed by atoms with Crippen LogP contribution < -0.4 is 5.32 Å². The van der Waals surface area contributed by atoms with Crippen LogP contribution in [0.4, 0.5) is 0 Å². The van der Waals surface area contributed by atoms with Crippen LogP contribution in [0.2, 0.25) is 0 Å². The zero-order valence-electron chi connectivity index (χ0n) is 11.0. The van der Waals surface area contributed by atoms with E-state index in [1.54, 1.807) is 0 Å². The molecule has 3 rings (SSSR count). The van der Waals surface area contributed by atoms with Crippen LogP contribution in [0.25, 0.3) is 5.69 Å². The fraction of sp³-hybridized carbons (Fsp3) is 0.357. The van der Waals surface area contributed by atoms with Crippen LogP contribution in [0.5, 0.6) is 0 Å². The van der Waals surface area contributed by atoms with E-state index in [1.165, 1.54) is 11.0 Å². The molecule has 0 saturated heterocycles. The second-order valence-electron chi connectivity index (χ2n) is 5.10. The highest BCUT2D eigenvalue weighted by atomic mass is 16.3. The fourth-order valence-corrected chi connectivity index (χ4v) is 2.28. The van der Waals surface area contributed by atoms with Gasteiger partial charge in [-0.1, -0.05) is 18.2 Å². The maximum absolute atomic E-state index is 12.1. The predicted molar refractivity (Wildman–Crippen MR) is 72.5 cm³/mol. The molecule has 0 spiro atoms. The second kappa shape index (κ2) is 5.05. The van der Waals surface area contributed by atoms with Gasteiger partial charge in [0, 0.05) is 0 Å². The van der Waals surface area contributed by atoms with E-state index in [-0.39, 0.29) is 18.2 Å². The van der Waals surface area contributed by atoms with Gasteiger partial charge in [-0.25, -0.2) is 0 Å². The second-order valence-corrected chi connectivity index (χ2v) is 5.10. The molecule has 1 aliphatic carbocycles. The summed E-state index contributed by atoms with van der Waals surface area (Å²) in [6.07, 6.45) is 4.08. The summed E-state index contributed by atoms with van der Waals surface area (Å²) >= 11 is 0. The number of carbonyl (C=O) groups excluding carboxylic acids is 1. The number of carbonyl (C=O) groups is 1. The van der Waals surface area contributed by atoms with Gasteiger partial charge in [-0.05, 0) is 31.4 Å². The Morgan fingerprint density at radius 2 is 2.10 bits per heavy atom. The molecule has 2 N–H and O–H groups in total. The van der Waals surface area contributed by atoms with Crippen LogP contribution >= 0.6 is 0 Å². The molecule has 1 amide bonds. The SMILES string of the molecule is O=C(NC1(CO)CCC1)c1cnn(-c2ccccc2)n1. The number of aliphatic hydroxyl groups excluding tert-OH is 1. The minimum absolute atomic E-state index is 0.0361. The number of aliphatic hydroxyl groups is 1. The zero-order valence-corrected chi connectivity index (χ0v) is 11.0. The van der Waals surface area contributed by atoms with E-state index in [1.807, 2.05) is 30.3 Å². The number of nitrogens with one attached hydrogen (secondary N) is 1. The van der Waals surface area contributed by atoms with Gasteiger partial charge < -0.3 is 10.4 Å². The molecule has 1 heterocycles. The lowest BCUT2D eigenvalue weighted by atomic mass is 9.77. The van der Waals surface area contributed by atoms with E-state index >= 15 is 0 Å². The molecule has 0 bridgehead atoms. The smallest absolute Gasteiger partial charge is 0.273 e. The number of aromatic nitrogens is 3. The quantitative estimate of drug-likeness (QED) is 0.867. The number of hydrogen-bond acceptors (Lipinski definition) is 4. The van der Waals surface area contributed by atoms with Crippen LogP contribution in [-0.2, 0) is 0 Å². The molecule has 6 nitrogen and oxygen atoms in total. The third-order valence-electron chi connectivity index (χ3n) is 3.70. The number of para-hydroxylation sites is 1. The van der Waals surface area contributed by atoms with Crippen molar-refractivity contribution in [2.24, 2.45) is 0 Å². The molecule has 2 aromatic rings. The summed E-state index contributed by atoms with van der Waals surface area (Å²) in [6, 6.07) is 9.40. The van der Waals surface area contributed by atoms with Gasteiger partial charge in [-0.3, -0.25) is 4.79 Å². The third-order valence-corrected chi connectivity index (χ3v) is 3.70. The molecule has 0 radical (unpaired) electrons. The lowest BCUT2D eigenvalue weighted by Gasteiger charge is -2.40. The number of benzene rings is 1. The first-order chi connectivity index (χ1) is 9.72. The Hall–Kier alpha value is -2.21. The van der Waals surface area contributed by atoms with Crippen molar-refractivity contribution in [3.63, 3.8) is 0 Å². The molecule has 0 atom stereocenters. The van der Waals surface area contributed by atoms with Crippen molar-refractivity contribution in [3.8, 4) is 5.69 Å². The highest BCUT2D eigenvalue weighted by Crippen LogP contribution is 2.31. The molecule has 1 aliphatic rings. The van der Waals surface area contributed by atoms with Crippen LogP contribution in [0.15, 0.2) is 36.5 Å². The van der Waals surface area contributed by atoms with Gasteiger partial charge in [-0.15, -0.1) is 5.10 Å². The molecule has 1 fully saturated rings. The van der Waals surface area contributed by atoms with Gasteiger partial charge in [-0.2, -0.15) is 9.90 Å². The van der Waals surface area contributed by atoms with Gasteiger partial charge in [0.05, 0.1) is 24.0 Å². The minimum Gasteiger partial charge on any atom is -0.394 e. The van der Waals surface area contributed by atoms with Gasteiger partial charge >= 0.3 is 0 Å². The first kappa shape index (κ1) is 12.8. The lowest BCUT2D eigenvalue weighted by Crippen LogP contribution is -2.56. The normalized spacial score (nSPS) is 16.4. The molecule has 1 saturated carbocycles. The van der Waals surface area contributed by atoms with Crippen molar-refractivity contribution in [2.45, 2.75) is 24.8 Å². The van der Waals surface area contributed by atoms with Gasteiger partial charge in [0.2, 0.25) is 0 Å². The highest BCUT2D eigenvalue weighted by Gasteiger charge is 2.38. The van der Waals surface area contributed by atoms with Crippen molar-refractivity contribution < 1.29 is 9.90 Å². The molecular formula is C14H16N4O2. The zero-order chi connectivity index (χ0) is 14.0. The van der Waals surface area contributed by atoms with E-state index in [4.69, 9.17) is 0 Å². The standard InChI is InChI=1S/C14H16N4O2/c19-10-14(7-4-8-14)16-13(20)12-9-15-18(17-12)11-5-2-1-3-6-11/h1-3,5-6,9,19H,4,7-8,10H2,(H,16,20). The van der Waals surface area contributed by atoms with Crippen LogP contribution in [0, 0.1) is 0 Å². The molecule has 1 aromatic carbocycles. The van der Waals surface area contributed by atoms with E-state index < -0.39 is 5.54 Å². The maximum atomic E-state index is 12.1. The molecule has 0 aliphatic heterocycles. The number of hydrogen-bond donors (Lipinski definition) is 2. The van der Waals surface area contributed by atoms with Crippen molar-refractivity contribution in [3.05, 3.63) is 42.2 Å². The van der Waals surface area contributed by atoms with E-state index in [9.17, 15) is 9.90 Å². The summed E-state index contributed by atoms with van der Waals surface area (Å²) in [5.41, 5.74) is 0.591. The Morgan fingerprint density at radius 3 is 2.70 bits per heavy atom. The van der Waals surface area contributed by atoms with Crippen molar-refractivity contribution in [1.29, 1.82) is 0 Å². The maximum Gasteiger partial charge on any atom is 0.273 e. The summed E-state index contributed by atoms with van der Waals surface area (Å²) in [5.74, 6) is -0.291. The Kier molecular flexibility index (Phi) is 3.23. The Bertz CT molecular complexity index is 599. The summed E-state index contributed by atoms with van der Waals surface area (Å²) in [6.45, 7) is -0.0361. The minimum atomic E-state index is -0.465. The van der Waals surface area contributed by atoms with Gasteiger partial charge in [0.15, 0.2) is 5.69 Å². The Balaban J connectivity index is 1.75. The van der Waals surface area contributed by atoms with Gasteiger partial charge in [0.25, 0.3) is 5.91 Å². The summed E-state index contributed by atoms with van der Waals surface area (Å²) in [7, 11) is 0. The summed E-state index contributed by atoms with van der Waals surface area (Å²) < 4.78 is 0. The number of amides is 1. The van der Waals surface area contributed by atoms with Crippen molar-refractivity contribution in [1.82, 2.24) is 20.3 Å². The molecule has 1 aromatic heterocycles. The first-order valence-electron chi connectivity index (χ1n) is 6.64. The lowest BCUT2D eigenvalue weighted by molar-refractivity contribution is 0.0637. The number of nitrogens with zero attached hydrogens (tertiary/aromatic N) is 3. The fourth-order valence-electron chi connectivity index (χ4n) is 2.28. The Labute approximate surface area is 116 Å². The molecule has 6 heteroatoms. The summed E-state index contributed by atoms with van der Waals surface area (Å²) in [4.78, 5) is 13.5. The Morgan fingerprint density at radius 1 is 1.35 bits per heavy atom. The average Bonchev–Trinajstić information content (AvgIpc) is 2.93. The molecule has 0 unspecified atom stereocenters. The van der Waals surface area contributed by atoms with Crippen LogP contribution in [0.3, 0.4) is 0 Å². The monoisotopic (exact) mass is 272 g/mol. The highest BCUT2D eigenvalue weighted by molar-refractivity contribution is 5.92. The van der Waals surface area contributed by atoms with E-state index in [2.05, 4.69) is 15.5 Å². The van der Waals surface area contributed by atoms with Crippen LogP contribution in [-0.4, -0.2) is 38.2 Å².